The molecule has 1 aliphatic rings. The average Bonchev–Trinajstić information content (AvgIpc) is 2.74. The van der Waals surface area contributed by atoms with Crippen LogP contribution in [0.15, 0.2) is 18.5 Å². The van der Waals surface area contributed by atoms with E-state index in [9.17, 15) is 0 Å². The zero-order chi connectivity index (χ0) is 10.1. The third-order valence-electron chi connectivity index (χ3n) is 2.84. The van der Waals surface area contributed by atoms with Crippen LogP contribution in [0.3, 0.4) is 0 Å². The number of nitrogens with zero attached hydrogens (tertiary/aromatic N) is 4. The standard InChI is InChI=1S/C10H13N5/c1-2-5-11-8(4-1)9-13-14-10-12-6-3-7-15(9)10/h3,6-8,11H,1-2,4-5H2. The molecule has 1 aliphatic heterocycles. The van der Waals surface area contributed by atoms with Gasteiger partial charge in [0, 0.05) is 12.4 Å². The molecule has 1 atom stereocenters. The highest BCUT2D eigenvalue weighted by molar-refractivity contribution is 5.27. The smallest absolute Gasteiger partial charge is 0.254 e. The molecule has 0 aliphatic carbocycles. The molecule has 0 aromatic carbocycles. The number of fused-ring (bicyclic) bond motifs is 1. The molecule has 1 fully saturated rings. The summed E-state index contributed by atoms with van der Waals surface area (Å²) in [6, 6.07) is 2.24. The topological polar surface area (TPSA) is 55.1 Å². The molecule has 5 heteroatoms. The summed E-state index contributed by atoms with van der Waals surface area (Å²) in [5, 5.41) is 11.7. The van der Waals surface area contributed by atoms with Crippen LogP contribution in [-0.2, 0) is 0 Å². The van der Waals surface area contributed by atoms with Gasteiger partial charge < -0.3 is 5.32 Å². The third-order valence-corrected chi connectivity index (χ3v) is 2.84. The van der Waals surface area contributed by atoms with Crippen LogP contribution in [0.4, 0.5) is 0 Å². The van der Waals surface area contributed by atoms with Gasteiger partial charge in [0.1, 0.15) is 0 Å². The Labute approximate surface area is 87.5 Å². The Bertz CT molecular complexity index is 458. The summed E-state index contributed by atoms with van der Waals surface area (Å²) in [4.78, 5) is 4.16. The van der Waals surface area contributed by atoms with Crippen molar-refractivity contribution in [1.29, 1.82) is 0 Å². The van der Waals surface area contributed by atoms with Crippen molar-refractivity contribution in [3.63, 3.8) is 0 Å². The van der Waals surface area contributed by atoms with E-state index in [0.29, 0.717) is 11.8 Å². The van der Waals surface area contributed by atoms with Gasteiger partial charge in [0.15, 0.2) is 5.82 Å². The maximum atomic E-state index is 4.21. The lowest BCUT2D eigenvalue weighted by molar-refractivity contribution is 0.395. The van der Waals surface area contributed by atoms with Crippen molar-refractivity contribution in [3.05, 3.63) is 24.3 Å². The fraction of sp³-hybridized carbons (Fsp3) is 0.500. The summed E-state index contributed by atoms with van der Waals surface area (Å²) >= 11 is 0. The number of hydrogen-bond acceptors (Lipinski definition) is 4. The molecule has 1 saturated heterocycles. The molecule has 3 heterocycles. The highest BCUT2D eigenvalue weighted by Crippen LogP contribution is 2.21. The Morgan fingerprint density at radius 3 is 3.20 bits per heavy atom. The molecule has 0 amide bonds. The van der Waals surface area contributed by atoms with Gasteiger partial charge in [0.2, 0.25) is 0 Å². The molecule has 0 bridgehead atoms. The number of nitrogens with one attached hydrogen (secondary N) is 1. The van der Waals surface area contributed by atoms with Crippen LogP contribution < -0.4 is 5.32 Å². The Morgan fingerprint density at radius 2 is 2.33 bits per heavy atom. The minimum Gasteiger partial charge on any atom is -0.307 e. The molecule has 1 N–H and O–H groups in total. The molecule has 0 saturated carbocycles. The quantitative estimate of drug-likeness (QED) is 0.749. The third kappa shape index (κ3) is 1.48. The zero-order valence-corrected chi connectivity index (χ0v) is 8.43. The summed E-state index contributed by atoms with van der Waals surface area (Å²) in [5.74, 6) is 1.66. The maximum Gasteiger partial charge on any atom is 0.254 e. The molecule has 0 spiro atoms. The fourth-order valence-corrected chi connectivity index (χ4v) is 2.07. The lowest BCUT2D eigenvalue weighted by Crippen LogP contribution is -2.28. The molecule has 2 aromatic rings. The van der Waals surface area contributed by atoms with E-state index in [2.05, 4.69) is 20.5 Å². The van der Waals surface area contributed by atoms with Gasteiger partial charge in [-0.2, -0.15) is 0 Å². The lowest BCUT2D eigenvalue weighted by atomic mass is 10.0. The van der Waals surface area contributed by atoms with Crippen LogP contribution in [0.1, 0.15) is 31.1 Å². The second kappa shape index (κ2) is 3.58. The zero-order valence-electron chi connectivity index (χ0n) is 8.43. The first-order valence-electron chi connectivity index (χ1n) is 5.34. The highest BCUT2D eigenvalue weighted by atomic mass is 15.3. The number of hydrogen-bond donors (Lipinski definition) is 1. The first-order valence-corrected chi connectivity index (χ1v) is 5.34. The van der Waals surface area contributed by atoms with E-state index in [1.165, 1.54) is 12.8 Å². The Morgan fingerprint density at radius 1 is 1.33 bits per heavy atom. The van der Waals surface area contributed by atoms with E-state index in [1.807, 2.05) is 16.7 Å². The van der Waals surface area contributed by atoms with Crippen LogP contribution in [0.25, 0.3) is 5.78 Å². The minimum absolute atomic E-state index is 0.331. The molecule has 2 aromatic heterocycles. The second-order valence-corrected chi connectivity index (χ2v) is 3.85. The van der Waals surface area contributed by atoms with Gasteiger partial charge in [0.05, 0.1) is 6.04 Å². The van der Waals surface area contributed by atoms with E-state index in [1.54, 1.807) is 6.20 Å². The molecule has 1 unspecified atom stereocenters. The SMILES string of the molecule is c1cnc2nnc(C3CCCCN3)n2c1. The van der Waals surface area contributed by atoms with Gasteiger partial charge in [-0.1, -0.05) is 6.42 Å². The summed E-state index contributed by atoms with van der Waals surface area (Å²) < 4.78 is 1.96. The highest BCUT2D eigenvalue weighted by Gasteiger charge is 2.19. The van der Waals surface area contributed by atoms with Crippen molar-refractivity contribution in [2.75, 3.05) is 6.54 Å². The van der Waals surface area contributed by atoms with Crippen LogP contribution in [0, 0.1) is 0 Å². The average molecular weight is 203 g/mol. The van der Waals surface area contributed by atoms with Gasteiger partial charge in [0.25, 0.3) is 5.78 Å². The normalized spacial score (nSPS) is 22.0. The predicted molar refractivity (Wildman–Crippen MR) is 55.4 cm³/mol. The van der Waals surface area contributed by atoms with E-state index in [4.69, 9.17) is 0 Å². The first kappa shape index (κ1) is 8.79. The van der Waals surface area contributed by atoms with Gasteiger partial charge in [-0.15, -0.1) is 10.2 Å². The summed E-state index contributed by atoms with van der Waals surface area (Å²) in [6.07, 6.45) is 7.35. The summed E-state index contributed by atoms with van der Waals surface area (Å²) in [6.45, 7) is 1.07. The van der Waals surface area contributed by atoms with E-state index < -0.39 is 0 Å². The second-order valence-electron chi connectivity index (χ2n) is 3.85. The molecule has 0 radical (unpaired) electrons. The van der Waals surface area contributed by atoms with Gasteiger partial charge in [-0.3, -0.25) is 4.40 Å². The largest absolute Gasteiger partial charge is 0.307 e. The molecule has 78 valence electrons. The van der Waals surface area contributed by atoms with Gasteiger partial charge >= 0.3 is 0 Å². The van der Waals surface area contributed by atoms with E-state index >= 15 is 0 Å². The Balaban J connectivity index is 2.02. The predicted octanol–water partition coefficient (Wildman–Crippen LogP) is 0.939. The fourth-order valence-electron chi connectivity index (χ4n) is 2.07. The minimum atomic E-state index is 0.331. The van der Waals surface area contributed by atoms with Gasteiger partial charge in [-0.05, 0) is 25.5 Å². The number of piperidine rings is 1. The lowest BCUT2D eigenvalue weighted by Gasteiger charge is -2.21. The van der Waals surface area contributed by atoms with Crippen LogP contribution in [0.5, 0.6) is 0 Å². The maximum absolute atomic E-state index is 4.21. The van der Waals surface area contributed by atoms with E-state index in [-0.39, 0.29) is 0 Å². The van der Waals surface area contributed by atoms with Crippen molar-refractivity contribution in [2.45, 2.75) is 25.3 Å². The number of aromatic nitrogens is 4. The van der Waals surface area contributed by atoms with Crippen LogP contribution in [0.2, 0.25) is 0 Å². The summed E-state index contributed by atoms with van der Waals surface area (Å²) in [5.41, 5.74) is 0. The molecular formula is C10H13N5. The van der Waals surface area contributed by atoms with Crippen molar-refractivity contribution >= 4 is 5.78 Å². The molecule has 3 rings (SSSR count). The number of rotatable bonds is 1. The molecule has 5 nitrogen and oxygen atoms in total. The van der Waals surface area contributed by atoms with Crippen molar-refractivity contribution in [1.82, 2.24) is 24.9 Å². The van der Waals surface area contributed by atoms with Crippen LogP contribution in [-0.4, -0.2) is 26.1 Å². The monoisotopic (exact) mass is 203 g/mol. The summed E-state index contributed by atoms with van der Waals surface area (Å²) in [7, 11) is 0. The van der Waals surface area contributed by atoms with Crippen molar-refractivity contribution in [2.24, 2.45) is 0 Å². The van der Waals surface area contributed by atoms with Gasteiger partial charge in [-0.25, -0.2) is 4.98 Å². The molecule has 15 heavy (non-hydrogen) atoms. The Hall–Kier alpha value is -1.49. The molecular weight excluding hydrogens is 190 g/mol. The van der Waals surface area contributed by atoms with E-state index in [0.717, 1.165) is 18.8 Å². The first-order chi connectivity index (χ1) is 7.45. The van der Waals surface area contributed by atoms with Crippen LogP contribution >= 0.6 is 0 Å². The van der Waals surface area contributed by atoms with Crippen molar-refractivity contribution < 1.29 is 0 Å². The van der Waals surface area contributed by atoms with Crippen molar-refractivity contribution in [3.8, 4) is 0 Å². The Kier molecular flexibility index (Phi) is 2.10.